The van der Waals surface area contributed by atoms with Crippen LogP contribution in [0.5, 0.6) is 5.75 Å². The maximum Gasteiger partial charge on any atom is 0.344 e. The average Bonchev–Trinajstić information content (AvgIpc) is 3.18. The number of ether oxygens (including phenoxy) is 3. The second-order valence-electron chi connectivity index (χ2n) is 3.67. The predicted octanol–water partition coefficient (Wildman–Crippen LogP) is 0.441. The highest BCUT2D eigenvalue weighted by molar-refractivity contribution is 5.90. The molecule has 100 valence electrons. The number of carbonyl (C=O) groups is 2. The number of nitrogens with zero attached hydrogens (tertiary/aromatic N) is 1. The van der Waals surface area contributed by atoms with Crippen molar-refractivity contribution in [2.24, 2.45) is 0 Å². The van der Waals surface area contributed by atoms with Crippen LogP contribution in [0.4, 0.5) is 5.69 Å². The quantitative estimate of drug-likeness (QED) is 0.256. The Morgan fingerprint density at radius 1 is 1.21 bits per heavy atom. The third-order valence-electron chi connectivity index (χ3n) is 2.42. The van der Waals surface area contributed by atoms with E-state index < -0.39 is 29.1 Å². The molecule has 1 aromatic rings. The number of non-ortho nitro benzene ring substituents is 1. The summed E-state index contributed by atoms with van der Waals surface area (Å²) < 4.78 is 14.1. The van der Waals surface area contributed by atoms with Crippen LogP contribution in [-0.2, 0) is 19.1 Å². The minimum Gasteiger partial charge on any atom is -0.467 e. The number of epoxide rings is 1. The minimum absolute atomic E-state index is 0.116. The first-order chi connectivity index (χ1) is 9.02. The second-order valence-corrected chi connectivity index (χ2v) is 3.67. The molecule has 0 aliphatic carbocycles. The predicted molar refractivity (Wildman–Crippen MR) is 59.4 cm³/mol. The zero-order valence-corrected chi connectivity index (χ0v) is 9.77. The molecule has 0 N–H and O–H groups in total. The number of carbonyl (C=O) groups excluding carboxylic acids is 2. The molecule has 8 heteroatoms. The van der Waals surface area contributed by atoms with Gasteiger partial charge in [0, 0.05) is 12.1 Å². The molecule has 1 aliphatic rings. The molecule has 0 spiro atoms. The van der Waals surface area contributed by atoms with Crippen LogP contribution in [0.25, 0.3) is 0 Å². The van der Waals surface area contributed by atoms with E-state index in [1.165, 1.54) is 31.4 Å². The molecular formula is C11H9NO7. The van der Waals surface area contributed by atoms with Crippen LogP contribution in [0, 0.1) is 10.1 Å². The molecule has 0 amide bonds. The molecule has 1 heterocycles. The van der Waals surface area contributed by atoms with Gasteiger partial charge in [-0.25, -0.2) is 9.59 Å². The topological polar surface area (TPSA) is 108 Å². The fourth-order valence-electron chi connectivity index (χ4n) is 1.40. The summed E-state index contributed by atoms with van der Waals surface area (Å²) >= 11 is 0. The van der Waals surface area contributed by atoms with E-state index in [2.05, 4.69) is 4.74 Å². The molecule has 1 unspecified atom stereocenters. The third-order valence-corrected chi connectivity index (χ3v) is 2.42. The van der Waals surface area contributed by atoms with Crippen molar-refractivity contribution < 1.29 is 28.7 Å². The van der Waals surface area contributed by atoms with Gasteiger partial charge in [-0.15, -0.1) is 0 Å². The Labute approximate surface area is 107 Å². The number of hydrogen-bond donors (Lipinski definition) is 0. The first-order valence-corrected chi connectivity index (χ1v) is 5.22. The monoisotopic (exact) mass is 267 g/mol. The Morgan fingerprint density at radius 3 is 2.32 bits per heavy atom. The highest BCUT2D eigenvalue weighted by Crippen LogP contribution is 2.26. The summed E-state index contributed by atoms with van der Waals surface area (Å²) in [6.45, 7) is 0. The lowest BCUT2D eigenvalue weighted by molar-refractivity contribution is -0.384. The zero-order chi connectivity index (χ0) is 14.0. The molecule has 2 atom stereocenters. The van der Waals surface area contributed by atoms with Gasteiger partial charge in [0.15, 0.2) is 12.2 Å². The van der Waals surface area contributed by atoms with Crippen LogP contribution in [-0.4, -0.2) is 36.2 Å². The number of esters is 2. The number of nitro benzene ring substituents is 1. The first kappa shape index (κ1) is 13.0. The van der Waals surface area contributed by atoms with Gasteiger partial charge < -0.3 is 14.2 Å². The van der Waals surface area contributed by atoms with Crippen molar-refractivity contribution >= 4 is 17.6 Å². The van der Waals surface area contributed by atoms with Gasteiger partial charge in [0.25, 0.3) is 5.69 Å². The van der Waals surface area contributed by atoms with E-state index in [0.717, 1.165) is 0 Å². The van der Waals surface area contributed by atoms with Gasteiger partial charge in [-0.05, 0) is 12.1 Å². The number of methoxy groups -OCH3 is 1. The Hall–Kier alpha value is -2.48. The SMILES string of the molecule is COC(=O)[C@H]1OC1C(=O)Oc1ccc([N+](=O)[O-])cc1. The summed E-state index contributed by atoms with van der Waals surface area (Å²) in [4.78, 5) is 32.4. The lowest BCUT2D eigenvalue weighted by atomic mass is 10.3. The van der Waals surface area contributed by atoms with Gasteiger partial charge in [-0.1, -0.05) is 0 Å². The van der Waals surface area contributed by atoms with Crippen LogP contribution < -0.4 is 4.74 Å². The molecule has 8 nitrogen and oxygen atoms in total. The lowest BCUT2D eigenvalue weighted by Gasteiger charge is -2.01. The zero-order valence-electron chi connectivity index (χ0n) is 9.77. The van der Waals surface area contributed by atoms with E-state index in [4.69, 9.17) is 9.47 Å². The fraction of sp³-hybridized carbons (Fsp3) is 0.273. The molecule has 0 radical (unpaired) electrons. The summed E-state index contributed by atoms with van der Waals surface area (Å²) in [5, 5.41) is 10.4. The van der Waals surface area contributed by atoms with Crippen molar-refractivity contribution in [3.05, 3.63) is 34.4 Å². The molecule has 1 saturated heterocycles. The Morgan fingerprint density at radius 2 is 1.79 bits per heavy atom. The molecule has 0 bridgehead atoms. The highest BCUT2D eigenvalue weighted by Gasteiger charge is 2.52. The minimum atomic E-state index is -0.984. The van der Waals surface area contributed by atoms with E-state index in [-0.39, 0.29) is 11.4 Å². The van der Waals surface area contributed by atoms with E-state index in [9.17, 15) is 19.7 Å². The molecule has 2 rings (SSSR count). The van der Waals surface area contributed by atoms with Crippen molar-refractivity contribution in [2.45, 2.75) is 12.2 Å². The Kier molecular flexibility index (Phi) is 3.43. The number of nitro groups is 1. The Balaban J connectivity index is 1.93. The third kappa shape index (κ3) is 2.86. The van der Waals surface area contributed by atoms with Gasteiger partial charge in [0.2, 0.25) is 0 Å². The van der Waals surface area contributed by atoms with Crippen LogP contribution in [0.15, 0.2) is 24.3 Å². The van der Waals surface area contributed by atoms with Gasteiger partial charge >= 0.3 is 11.9 Å². The highest BCUT2D eigenvalue weighted by atomic mass is 16.7. The number of rotatable bonds is 4. The van der Waals surface area contributed by atoms with Gasteiger partial charge in [0.1, 0.15) is 5.75 Å². The standard InChI is InChI=1S/C11H9NO7/c1-17-10(13)8-9(19-8)11(14)18-7-4-2-6(3-5-7)12(15)16/h2-5,8-9H,1H3/t8-,9?/m0/s1. The number of hydrogen-bond acceptors (Lipinski definition) is 7. The molecule has 0 aromatic heterocycles. The molecule has 1 aliphatic heterocycles. The molecule has 1 fully saturated rings. The van der Waals surface area contributed by atoms with Crippen LogP contribution in [0.3, 0.4) is 0 Å². The molecular weight excluding hydrogens is 258 g/mol. The summed E-state index contributed by atoms with van der Waals surface area (Å²) in [6, 6.07) is 4.97. The second kappa shape index (κ2) is 5.02. The van der Waals surface area contributed by atoms with Crippen molar-refractivity contribution in [1.29, 1.82) is 0 Å². The Bertz CT molecular complexity index is 524. The van der Waals surface area contributed by atoms with Crippen LogP contribution >= 0.6 is 0 Å². The van der Waals surface area contributed by atoms with Crippen LogP contribution in [0.1, 0.15) is 0 Å². The summed E-state index contributed by atoms with van der Waals surface area (Å²) in [5.74, 6) is -1.26. The van der Waals surface area contributed by atoms with E-state index in [1.54, 1.807) is 0 Å². The first-order valence-electron chi connectivity index (χ1n) is 5.22. The molecule has 19 heavy (non-hydrogen) atoms. The van der Waals surface area contributed by atoms with E-state index in [1.807, 2.05) is 0 Å². The number of benzene rings is 1. The van der Waals surface area contributed by atoms with Gasteiger partial charge in [0.05, 0.1) is 12.0 Å². The lowest BCUT2D eigenvalue weighted by Crippen LogP contribution is -2.21. The van der Waals surface area contributed by atoms with Crippen LogP contribution in [0.2, 0.25) is 0 Å². The van der Waals surface area contributed by atoms with Crippen molar-refractivity contribution in [3.63, 3.8) is 0 Å². The summed E-state index contributed by atoms with van der Waals surface area (Å²) in [5.41, 5.74) is -0.116. The van der Waals surface area contributed by atoms with Crippen molar-refractivity contribution in [2.75, 3.05) is 7.11 Å². The van der Waals surface area contributed by atoms with E-state index >= 15 is 0 Å². The van der Waals surface area contributed by atoms with Gasteiger partial charge in [-0.2, -0.15) is 0 Å². The van der Waals surface area contributed by atoms with Crippen molar-refractivity contribution in [3.8, 4) is 5.75 Å². The maximum absolute atomic E-state index is 11.5. The smallest absolute Gasteiger partial charge is 0.344 e. The van der Waals surface area contributed by atoms with E-state index in [0.29, 0.717) is 0 Å². The summed E-state index contributed by atoms with van der Waals surface area (Å²) in [6.07, 6.45) is -1.92. The van der Waals surface area contributed by atoms with Crippen molar-refractivity contribution in [1.82, 2.24) is 0 Å². The maximum atomic E-state index is 11.5. The largest absolute Gasteiger partial charge is 0.467 e. The average molecular weight is 267 g/mol. The molecule has 1 aromatic carbocycles. The summed E-state index contributed by atoms with van der Waals surface area (Å²) in [7, 11) is 1.18. The normalized spacial score (nSPS) is 20.5. The molecule has 0 saturated carbocycles. The fourth-order valence-corrected chi connectivity index (χ4v) is 1.40. The van der Waals surface area contributed by atoms with Gasteiger partial charge in [-0.3, -0.25) is 10.1 Å².